The van der Waals surface area contributed by atoms with Crippen molar-refractivity contribution < 1.29 is 9.59 Å². The second-order valence-electron chi connectivity index (χ2n) is 2.79. The molecule has 0 aliphatic heterocycles. The summed E-state index contributed by atoms with van der Waals surface area (Å²) in [7, 11) is 1.59. The summed E-state index contributed by atoms with van der Waals surface area (Å²) < 4.78 is 0. The Hall–Kier alpha value is -1.32. The third kappa shape index (κ3) is 3.73. The van der Waals surface area contributed by atoms with Gasteiger partial charge in [0.05, 0.1) is 0 Å². The van der Waals surface area contributed by atoms with E-state index in [1.54, 1.807) is 7.05 Å². The third-order valence-electron chi connectivity index (χ3n) is 1.77. The minimum Gasteiger partial charge on any atom is -0.336 e. The monoisotopic (exact) mass is 184 g/mol. The van der Waals surface area contributed by atoms with E-state index in [1.807, 2.05) is 6.92 Å². The van der Waals surface area contributed by atoms with Gasteiger partial charge in [-0.05, 0) is 12.6 Å². The molecule has 4 nitrogen and oxygen atoms in total. The highest BCUT2D eigenvalue weighted by molar-refractivity contribution is 5.84. The molecule has 0 aromatic carbocycles. The van der Waals surface area contributed by atoms with Crippen LogP contribution in [0.3, 0.4) is 0 Å². The van der Waals surface area contributed by atoms with Crippen molar-refractivity contribution in [2.24, 2.45) is 0 Å². The molecule has 0 aliphatic carbocycles. The molecule has 74 valence electrons. The Labute approximate surface area is 78.6 Å². The molecular formula is C9H16N2O2. The van der Waals surface area contributed by atoms with E-state index >= 15 is 0 Å². The minimum atomic E-state index is -0.388. The van der Waals surface area contributed by atoms with Crippen LogP contribution in [-0.2, 0) is 9.59 Å². The maximum Gasteiger partial charge on any atom is 0.246 e. The average molecular weight is 184 g/mol. The number of hydrogen-bond donors (Lipinski definition) is 1. The summed E-state index contributed by atoms with van der Waals surface area (Å²) in [4.78, 5) is 23.2. The molecule has 13 heavy (non-hydrogen) atoms. The van der Waals surface area contributed by atoms with Gasteiger partial charge in [-0.1, -0.05) is 19.9 Å². The maximum absolute atomic E-state index is 11.4. The lowest BCUT2D eigenvalue weighted by atomic mass is 10.1. The molecule has 0 rings (SSSR count). The number of carbonyl (C=O) groups is 2. The van der Waals surface area contributed by atoms with Crippen molar-refractivity contribution in [3.8, 4) is 0 Å². The molecule has 0 saturated heterocycles. The van der Waals surface area contributed by atoms with Crippen LogP contribution >= 0.6 is 0 Å². The molecule has 0 heterocycles. The Morgan fingerprint density at radius 3 is 2.69 bits per heavy atom. The molecule has 1 unspecified atom stereocenters. The summed E-state index contributed by atoms with van der Waals surface area (Å²) in [6, 6.07) is -0.388. The van der Waals surface area contributed by atoms with Crippen LogP contribution in [0.2, 0.25) is 0 Å². The first-order chi connectivity index (χ1) is 6.17. The van der Waals surface area contributed by atoms with Crippen LogP contribution in [0, 0.1) is 0 Å². The van der Waals surface area contributed by atoms with Crippen molar-refractivity contribution in [1.82, 2.24) is 10.2 Å². The van der Waals surface area contributed by atoms with Crippen molar-refractivity contribution in [1.29, 1.82) is 0 Å². The quantitative estimate of drug-likeness (QED) is 0.611. The second-order valence-corrected chi connectivity index (χ2v) is 2.79. The fraction of sp³-hybridized carbons (Fsp3) is 0.556. The predicted octanol–water partition coefficient (Wildman–Crippen LogP) is 0.503. The van der Waals surface area contributed by atoms with Gasteiger partial charge in [-0.3, -0.25) is 9.59 Å². The number of likely N-dealkylation sites (N-methyl/N-ethyl adjacent to an activating group) is 1. The molecule has 0 spiro atoms. The highest BCUT2D eigenvalue weighted by Crippen LogP contribution is 2.03. The number of amides is 2. The minimum absolute atomic E-state index is 0.188. The van der Waals surface area contributed by atoms with Gasteiger partial charge in [0.15, 0.2) is 0 Å². The van der Waals surface area contributed by atoms with Crippen LogP contribution in [0.1, 0.15) is 19.8 Å². The smallest absolute Gasteiger partial charge is 0.246 e. The van der Waals surface area contributed by atoms with E-state index in [0.717, 1.165) is 6.42 Å². The lowest BCUT2D eigenvalue weighted by molar-refractivity contribution is -0.131. The van der Waals surface area contributed by atoms with Gasteiger partial charge >= 0.3 is 0 Å². The molecule has 0 saturated carbocycles. The fourth-order valence-corrected chi connectivity index (χ4v) is 1.06. The third-order valence-corrected chi connectivity index (χ3v) is 1.77. The Morgan fingerprint density at radius 1 is 1.69 bits per heavy atom. The van der Waals surface area contributed by atoms with E-state index in [9.17, 15) is 9.59 Å². The van der Waals surface area contributed by atoms with Crippen molar-refractivity contribution in [2.45, 2.75) is 25.8 Å². The van der Waals surface area contributed by atoms with Crippen molar-refractivity contribution in [2.75, 3.05) is 7.05 Å². The summed E-state index contributed by atoms with van der Waals surface area (Å²) in [6.45, 7) is 5.35. The lowest BCUT2D eigenvalue weighted by Gasteiger charge is -2.22. The first-order valence-electron chi connectivity index (χ1n) is 4.25. The molecule has 4 heteroatoms. The SMILES string of the molecule is C=CNC(=O)C(CCC)N(C)C=O. The van der Waals surface area contributed by atoms with E-state index in [2.05, 4.69) is 11.9 Å². The second kappa shape index (κ2) is 6.22. The van der Waals surface area contributed by atoms with Crippen LogP contribution < -0.4 is 5.32 Å². The number of nitrogens with zero attached hydrogens (tertiary/aromatic N) is 1. The van der Waals surface area contributed by atoms with Crippen LogP contribution in [0.15, 0.2) is 12.8 Å². The van der Waals surface area contributed by atoms with Gasteiger partial charge in [-0.25, -0.2) is 0 Å². The first kappa shape index (κ1) is 11.7. The van der Waals surface area contributed by atoms with Crippen LogP contribution in [0.5, 0.6) is 0 Å². The van der Waals surface area contributed by atoms with E-state index in [-0.39, 0.29) is 11.9 Å². The number of nitrogens with one attached hydrogen (secondary N) is 1. The molecule has 0 aromatic heterocycles. The van der Waals surface area contributed by atoms with E-state index in [4.69, 9.17) is 0 Å². The molecule has 1 N–H and O–H groups in total. The lowest BCUT2D eigenvalue weighted by Crippen LogP contribution is -2.42. The molecule has 0 aliphatic rings. The topological polar surface area (TPSA) is 49.4 Å². The maximum atomic E-state index is 11.4. The zero-order valence-corrected chi connectivity index (χ0v) is 8.12. The molecule has 0 radical (unpaired) electrons. The first-order valence-corrected chi connectivity index (χ1v) is 4.25. The summed E-state index contributed by atoms with van der Waals surface area (Å²) in [5.41, 5.74) is 0. The Balaban J connectivity index is 4.29. The predicted molar refractivity (Wildman–Crippen MR) is 50.9 cm³/mol. The van der Waals surface area contributed by atoms with Gasteiger partial charge < -0.3 is 10.2 Å². The van der Waals surface area contributed by atoms with E-state index < -0.39 is 0 Å². The van der Waals surface area contributed by atoms with Gasteiger partial charge in [0.1, 0.15) is 6.04 Å². The largest absolute Gasteiger partial charge is 0.336 e. The van der Waals surface area contributed by atoms with E-state index in [0.29, 0.717) is 12.8 Å². The fourth-order valence-electron chi connectivity index (χ4n) is 1.06. The van der Waals surface area contributed by atoms with Crippen LogP contribution in [0.25, 0.3) is 0 Å². The molecule has 1 atom stereocenters. The molecule has 0 bridgehead atoms. The Kier molecular flexibility index (Phi) is 5.59. The van der Waals surface area contributed by atoms with Gasteiger partial charge in [0, 0.05) is 7.05 Å². The standard InChI is InChI=1S/C9H16N2O2/c1-4-6-8(11(3)7-12)9(13)10-5-2/h5,7-8H,2,4,6H2,1,3H3,(H,10,13). The summed E-state index contributed by atoms with van der Waals surface area (Å²) in [6.07, 6.45) is 3.49. The number of hydrogen-bond acceptors (Lipinski definition) is 2. The summed E-state index contributed by atoms with van der Waals surface area (Å²) in [5, 5.41) is 2.47. The zero-order chi connectivity index (χ0) is 10.3. The normalized spacial score (nSPS) is 11.5. The molecule has 0 aromatic rings. The van der Waals surface area contributed by atoms with Crippen molar-refractivity contribution >= 4 is 12.3 Å². The van der Waals surface area contributed by atoms with Gasteiger partial charge in [0.25, 0.3) is 0 Å². The highest BCUT2D eigenvalue weighted by atomic mass is 16.2. The Morgan fingerprint density at radius 2 is 2.31 bits per heavy atom. The summed E-state index contributed by atoms with van der Waals surface area (Å²) >= 11 is 0. The van der Waals surface area contributed by atoms with Gasteiger partial charge in [-0.2, -0.15) is 0 Å². The molecule has 0 fully saturated rings. The van der Waals surface area contributed by atoms with Crippen LogP contribution in [0.4, 0.5) is 0 Å². The number of rotatable bonds is 6. The van der Waals surface area contributed by atoms with E-state index in [1.165, 1.54) is 11.1 Å². The summed E-state index contributed by atoms with van der Waals surface area (Å²) in [5.74, 6) is -0.188. The van der Waals surface area contributed by atoms with Crippen molar-refractivity contribution in [3.63, 3.8) is 0 Å². The zero-order valence-electron chi connectivity index (χ0n) is 8.12. The average Bonchev–Trinajstić information content (AvgIpc) is 2.13. The highest BCUT2D eigenvalue weighted by Gasteiger charge is 2.19. The number of carbonyl (C=O) groups excluding carboxylic acids is 2. The Bertz CT molecular complexity index is 192. The van der Waals surface area contributed by atoms with Crippen LogP contribution in [-0.4, -0.2) is 30.3 Å². The molecular weight excluding hydrogens is 168 g/mol. The molecule has 2 amide bonds. The van der Waals surface area contributed by atoms with Gasteiger partial charge in [-0.15, -0.1) is 0 Å². The van der Waals surface area contributed by atoms with Crippen molar-refractivity contribution in [3.05, 3.63) is 12.8 Å². The van der Waals surface area contributed by atoms with Gasteiger partial charge in [0.2, 0.25) is 12.3 Å².